The van der Waals surface area contributed by atoms with Gasteiger partial charge in [-0.3, -0.25) is 34.5 Å². The van der Waals surface area contributed by atoms with Crippen LogP contribution in [0.4, 0.5) is 11.9 Å². The summed E-state index contributed by atoms with van der Waals surface area (Å²) in [4.78, 5) is 69.4. The molecule has 64 heavy (non-hydrogen) atoms. The summed E-state index contributed by atoms with van der Waals surface area (Å²) in [5.74, 6) is -0.973. The zero-order valence-corrected chi connectivity index (χ0v) is 37.3. The number of methoxy groups -OCH3 is 1. The number of thiazole rings is 1. The summed E-state index contributed by atoms with van der Waals surface area (Å²) < 4.78 is 23.0. The molecule has 336 valence electrons. The van der Waals surface area contributed by atoms with Crippen LogP contribution in [-0.2, 0) is 30.8 Å². The molecule has 6 heterocycles. The molecule has 4 amide bonds. The van der Waals surface area contributed by atoms with Crippen molar-refractivity contribution >= 4 is 68.9 Å². The van der Waals surface area contributed by atoms with E-state index in [1.807, 2.05) is 44.4 Å². The van der Waals surface area contributed by atoms with E-state index in [0.717, 1.165) is 50.7 Å². The van der Waals surface area contributed by atoms with Crippen molar-refractivity contribution in [3.63, 3.8) is 0 Å². The van der Waals surface area contributed by atoms with Gasteiger partial charge in [-0.05, 0) is 70.4 Å². The monoisotopic (exact) mass is 892 g/mol. The standard InChI is InChI=1S/C44H52N12O7S/c1-6-29-37(64-26(4)47-29)41(60)51-43-49-31-19-28(39(46)58)21-34(63-15-10-12-53-22-44(23-53)11-16-62-24-44)36(31)55(43)14-9-8-13-54-35-30(18-27(38(45)57)20-33(35)61-5)48-42(54)50-40(59)32-17-25(3)52-56(32)7-2/h8-9,17-21H,6-7,10-16,22-24H2,1-5H3,(H2,45,57)(H2,46,58)(H,48,50,59)(H,49,51,60)/b9-8+. The van der Waals surface area contributed by atoms with Crippen molar-refractivity contribution in [3.8, 4) is 11.5 Å². The zero-order valence-electron chi connectivity index (χ0n) is 36.5. The fourth-order valence-electron chi connectivity index (χ4n) is 8.53. The Labute approximate surface area is 372 Å². The number of nitrogens with zero attached hydrogens (tertiary/aromatic N) is 8. The average molecular weight is 893 g/mol. The number of anilines is 2. The molecule has 2 aliphatic heterocycles. The number of fused-ring (bicyclic) bond motifs is 2. The van der Waals surface area contributed by atoms with Gasteiger partial charge in [0, 0.05) is 62.4 Å². The lowest BCUT2D eigenvalue weighted by molar-refractivity contribution is -0.00886. The smallest absolute Gasteiger partial charge is 0.276 e. The lowest BCUT2D eigenvalue weighted by Crippen LogP contribution is -2.56. The van der Waals surface area contributed by atoms with Gasteiger partial charge in [0.2, 0.25) is 23.7 Å². The molecule has 4 aromatic heterocycles. The highest BCUT2D eigenvalue weighted by atomic mass is 32.1. The number of hydrogen-bond donors (Lipinski definition) is 4. The molecular weight excluding hydrogens is 841 g/mol. The Morgan fingerprint density at radius 1 is 0.875 bits per heavy atom. The number of ether oxygens (including phenoxy) is 3. The molecule has 0 unspecified atom stereocenters. The van der Waals surface area contributed by atoms with Gasteiger partial charge >= 0.3 is 0 Å². The lowest BCUT2D eigenvalue weighted by Gasteiger charge is -2.47. The van der Waals surface area contributed by atoms with Crippen LogP contribution in [0.3, 0.4) is 0 Å². The van der Waals surface area contributed by atoms with E-state index in [0.29, 0.717) is 75.1 Å². The quantitative estimate of drug-likeness (QED) is 0.0679. The molecule has 1 spiro atoms. The van der Waals surface area contributed by atoms with Crippen LogP contribution in [0.5, 0.6) is 11.5 Å². The third kappa shape index (κ3) is 8.80. The Morgan fingerprint density at radius 2 is 1.50 bits per heavy atom. The van der Waals surface area contributed by atoms with Crippen molar-refractivity contribution in [2.45, 2.75) is 66.6 Å². The summed E-state index contributed by atoms with van der Waals surface area (Å²) in [7, 11) is 1.47. The Kier molecular flexibility index (Phi) is 12.5. The maximum atomic E-state index is 13.9. The van der Waals surface area contributed by atoms with Crippen molar-refractivity contribution in [1.29, 1.82) is 0 Å². The SMILES string of the molecule is CCc1nc(C)sc1C(=O)Nc1nc2cc(C(N)=O)cc(OCCCN3CC4(CCOC4)C3)c2n1C/C=C/Cn1c(NC(=O)c2cc(C)nn2CC)nc2cc(C(N)=O)cc(OC)c21. The number of primary amides is 2. The molecule has 6 N–H and O–H groups in total. The van der Waals surface area contributed by atoms with Crippen LogP contribution < -0.4 is 31.6 Å². The number of aromatic nitrogens is 7. The minimum absolute atomic E-state index is 0.178. The topological polar surface area (TPSA) is 242 Å². The van der Waals surface area contributed by atoms with Gasteiger partial charge in [0.1, 0.15) is 33.1 Å². The second-order valence-corrected chi connectivity index (χ2v) is 17.4. The summed E-state index contributed by atoms with van der Waals surface area (Å²) >= 11 is 1.30. The van der Waals surface area contributed by atoms with Crippen LogP contribution in [0.25, 0.3) is 22.1 Å². The predicted octanol–water partition coefficient (Wildman–Crippen LogP) is 4.70. The minimum atomic E-state index is -0.662. The van der Waals surface area contributed by atoms with Gasteiger partial charge in [0.25, 0.3) is 11.8 Å². The van der Waals surface area contributed by atoms with Crippen LogP contribution >= 0.6 is 11.3 Å². The molecular formula is C44H52N12O7S. The number of nitrogens with one attached hydrogen (secondary N) is 2. The minimum Gasteiger partial charge on any atom is -0.494 e. The second kappa shape index (κ2) is 18.2. The zero-order chi connectivity index (χ0) is 45.3. The normalized spacial score (nSPS) is 14.8. The maximum Gasteiger partial charge on any atom is 0.276 e. The van der Waals surface area contributed by atoms with Gasteiger partial charge in [-0.2, -0.15) is 5.10 Å². The van der Waals surface area contributed by atoms with E-state index in [1.54, 1.807) is 33.5 Å². The van der Waals surface area contributed by atoms with Crippen LogP contribution in [0.15, 0.2) is 42.5 Å². The van der Waals surface area contributed by atoms with Gasteiger partial charge in [0.15, 0.2) is 0 Å². The number of carbonyl (C=O) groups is 4. The van der Waals surface area contributed by atoms with Crippen LogP contribution in [0.2, 0.25) is 0 Å². The lowest BCUT2D eigenvalue weighted by atomic mass is 9.79. The summed E-state index contributed by atoms with van der Waals surface area (Å²) in [6.45, 7) is 13.2. The third-order valence-corrected chi connectivity index (χ3v) is 12.6. The number of imidazole rings is 2. The number of carbonyl (C=O) groups excluding carboxylic acids is 4. The summed E-state index contributed by atoms with van der Waals surface area (Å²) in [5, 5.41) is 11.1. The molecule has 0 bridgehead atoms. The average Bonchev–Trinajstić information content (AvgIpc) is 4.10. The molecule has 2 saturated heterocycles. The Balaban J connectivity index is 1.12. The predicted molar refractivity (Wildman–Crippen MR) is 241 cm³/mol. The van der Waals surface area contributed by atoms with Crippen molar-refractivity contribution in [1.82, 2.24) is 38.8 Å². The molecule has 0 radical (unpaired) electrons. The fraction of sp³-hybridized carbons (Fsp3) is 0.409. The van der Waals surface area contributed by atoms with Gasteiger partial charge < -0.3 is 39.7 Å². The van der Waals surface area contributed by atoms with Crippen molar-refractivity contribution < 1.29 is 33.4 Å². The molecule has 0 atom stereocenters. The number of benzene rings is 2. The molecule has 6 aromatic rings. The molecule has 20 heteroatoms. The van der Waals surface area contributed by atoms with E-state index < -0.39 is 17.7 Å². The number of allylic oxidation sites excluding steroid dienone is 2. The first-order chi connectivity index (χ1) is 30.8. The summed E-state index contributed by atoms with van der Waals surface area (Å²) in [5.41, 5.74) is 15.7. The molecule has 0 saturated carbocycles. The van der Waals surface area contributed by atoms with Crippen molar-refractivity contribution in [2.75, 3.05) is 57.2 Å². The third-order valence-electron chi connectivity index (χ3n) is 11.6. The highest BCUT2D eigenvalue weighted by Gasteiger charge is 2.45. The maximum absolute atomic E-state index is 13.9. The molecule has 2 aliphatic rings. The first kappa shape index (κ1) is 44.0. The van der Waals surface area contributed by atoms with Crippen LogP contribution in [0, 0.1) is 19.3 Å². The number of hydrogen-bond acceptors (Lipinski definition) is 13. The second-order valence-electron chi connectivity index (χ2n) is 16.2. The first-order valence-corrected chi connectivity index (χ1v) is 22.1. The van der Waals surface area contributed by atoms with E-state index in [-0.39, 0.29) is 47.4 Å². The van der Waals surface area contributed by atoms with E-state index in [9.17, 15) is 19.2 Å². The fourth-order valence-corrected chi connectivity index (χ4v) is 9.43. The Hall–Kier alpha value is -6.64. The Morgan fingerprint density at radius 3 is 2.08 bits per heavy atom. The molecule has 0 aliphatic carbocycles. The largest absolute Gasteiger partial charge is 0.494 e. The van der Waals surface area contributed by atoms with Gasteiger partial charge in [-0.15, -0.1) is 11.3 Å². The van der Waals surface area contributed by atoms with E-state index in [2.05, 4.69) is 25.6 Å². The van der Waals surface area contributed by atoms with Crippen molar-refractivity contribution in [2.24, 2.45) is 16.9 Å². The molecule has 2 fully saturated rings. The molecule has 2 aromatic carbocycles. The first-order valence-electron chi connectivity index (χ1n) is 21.2. The van der Waals surface area contributed by atoms with Crippen LogP contribution in [0.1, 0.15) is 84.0 Å². The number of rotatable bonds is 18. The number of amides is 4. The number of nitrogens with two attached hydrogens (primary N) is 2. The van der Waals surface area contributed by atoms with Crippen molar-refractivity contribution in [3.05, 3.63) is 80.6 Å². The summed E-state index contributed by atoms with van der Waals surface area (Å²) in [6.07, 6.45) is 6.14. The van der Waals surface area contributed by atoms with Gasteiger partial charge in [-0.25, -0.2) is 15.0 Å². The van der Waals surface area contributed by atoms with Crippen LogP contribution in [-0.4, -0.2) is 109 Å². The Bertz CT molecular complexity index is 2800. The highest BCUT2D eigenvalue weighted by molar-refractivity contribution is 7.13. The summed E-state index contributed by atoms with van der Waals surface area (Å²) in [6, 6.07) is 7.97. The van der Waals surface area contributed by atoms with Gasteiger partial charge in [-0.1, -0.05) is 19.1 Å². The van der Waals surface area contributed by atoms with E-state index in [4.69, 9.17) is 35.6 Å². The number of aryl methyl sites for hydroxylation is 4. The highest BCUT2D eigenvalue weighted by Crippen LogP contribution is 2.38. The van der Waals surface area contributed by atoms with E-state index >= 15 is 0 Å². The van der Waals surface area contributed by atoms with Gasteiger partial charge in [0.05, 0.1) is 47.8 Å². The molecule has 19 nitrogen and oxygen atoms in total. The van der Waals surface area contributed by atoms with E-state index in [1.165, 1.54) is 24.5 Å². The number of likely N-dealkylation sites (tertiary alicyclic amines) is 1. The molecule has 8 rings (SSSR count).